The van der Waals surface area contributed by atoms with E-state index in [0.717, 1.165) is 12.8 Å². The van der Waals surface area contributed by atoms with Crippen LogP contribution in [0.1, 0.15) is 66.5 Å². The molecule has 0 aliphatic heterocycles. The number of hydrogen-bond acceptors (Lipinski definition) is 0. The van der Waals surface area contributed by atoms with E-state index in [1.54, 1.807) is 0 Å². The SMILES string of the molecule is C.C.C/C=C/CCc1ccc(CCC)cc1.CC. The summed E-state index contributed by atoms with van der Waals surface area (Å²) in [5, 5.41) is 0. The van der Waals surface area contributed by atoms with Gasteiger partial charge in [0.05, 0.1) is 0 Å². The molecular formula is C18H34. The van der Waals surface area contributed by atoms with Crippen LogP contribution in [0.15, 0.2) is 36.4 Å². The smallest absolute Gasteiger partial charge is 0.0244 e. The fraction of sp³-hybridized carbons (Fsp3) is 0.556. The minimum Gasteiger partial charge on any atom is -0.0917 e. The number of hydrogen-bond donors (Lipinski definition) is 0. The first-order valence-corrected chi connectivity index (χ1v) is 6.55. The standard InChI is InChI=1S/C14H20.C2H6.2CH4/c1-3-5-6-8-14-11-9-13(7-4-2)10-12-14;1-2;;/h3,5,9-12H,4,6-8H2,1-2H3;1-2H3;2*1H4/b5-3+;;;. The molecule has 0 radical (unpaired) electrons. The Balaban J connectivity index is -0.000000534. The number of allylic oxidation sites excluding steroid dienone is 2. The summed E-state index contributed by atoms with van der Waals surface area (Å²) in [7, 11) is 0. The van der Waals surface area contributed by atoms with Crippen molar-refractivity contribution in [1.29, 1.82) is 0 Å². The average molecular weight is 250 g/mol. The van der Waals surface area contributed by atoms with Gasteiger partial charge in [-0.05, 0) is 37.3 Å². The van der Waals surface area contributed by atoms with Crippen molar-refractivity contribution in [3.05, 3.63) is 47.5 Å². The zero-order valence-electron chi connectivity index (χ0n) is 11.3. The summed E-state index contributed by atoms with van der Waals surface area (Å²) in [5.74, 6) is 0. The van der Waals surface area contributed by atoms with Crippen molar-refractivity contribution < 1.29 is 0 Å². The predicted octanol–water partition coefficient (Wildman–Crippen LogP) is 6.45. The zero-order valence-corrected chi connectivity index (χ0v) is 11.3. The molecule has 0 saturated heterocycles. The summed E-state index contributed by atoms with van der Waals surface area (Å²) in [6.07, 6.45) is 9.10. The maximum atomic E-state index is 2.26. The lowest BCUT2D eigenvalue weighted by molar-refractivity contribution is 0.917. The highest BCUT2D eigenvalue weighted by Crippen LogP contribution is 2.08. The minimum absolute atomic E-state index is 0. The number of rotatable bonds is 5. The van der Waals surface area contributed by atoms with Crippen molar-refractivity contribution in [2.24, 2.45) is 0 Å². The van der Waals surface area contributed by atoms with Crippen LogP contribution in [0.25, 0.3) is 0 Å². The first kappa shape index (κ1) is 22.2. The van der Waals surface area contributed by atoms with Gasteiger partial charge in [0.25, 0.3) is 0 Å². The summed E-state index contributed by atoms with van der Waals surface area (Å²) >= 11 is 0. The van der Waals surface area contributed by atoms with Crippen LogP contribution < -0.4 is 0 Å². The van der Waals surface area contributed by atoms with Crippen LogP contribution in [0.5, 0.6) is 0 Å². The van der Waals surface area contributed by atoms with Gasteiger partial charge in [-0.25, -0.2) is 0 Å². The summed E-state index contributed by atoms with van der Waals surface area (Å²) in [4.78, 5) is 0. The molecule has 1 rings (SSSR count). The molecule has 0 aliphatic carbocycles. The summed E-state index contributed by atoms with van der Waals surface area (Å²) in [6.45, 7) is 8.30. The van der Waals surface area contributed by atoms with Crippen LogP contribution in [0.4, 0.5) is 0 Å². The molecule has 0 amide bonds. The van der Waals surface area contributed by atoms with Crippen molar-refractivity contribution in [2.75, 3.05) is 0 Å². The molecule has 0 heteroatoms. The maximum absolute atomic E-state index is 2.26. The highest BCUT2D eigenvalue weighted by atomic mass is 14.0. The molecule has 106 valence electrons. The molecule has 0 saturated carbocycles. The molecule has 0 aromatic heterocycles. The lowest BCUT2D eigenvalue weighted by Gasteiger charge is -2.01. The van der Waals surface area contributed by atoms with E-state index in [1.165, 1.54) is 24.0 Å². The minimum atomic E-state index is 0. The van der Waals surface area contributed by atoms with E-state index in [-0.39, 0.29) is 14.9 Å². The molecule has 0 nitrogen and oxygen atoms in total. The molecular weight excluding hydrogens is 216 g/mol. The number of aryl methyl sites for hydroxylation is 2. The van der Waals surface area contributed by atoms with Gasteiger partial charge in [-0.1, -0.05) is 78.5 Å². The zero-order chi connectivity index (χ0) is 12.2. The lowest BCUT2D eigenvalue weighted by Crippen LogP contribution is -1.86. The summed E-state index contributed by atoms with van der Waals surface area (Å²) in [5.41, 5.74) is 2.91. The van der Waals surface area contributed by atoms with Crippen LogP contribution in [-0.4, -0.2) is 0 Å². The Kier molecular flexibility index (Phi) is 19.7. The predicted molar refractivity (Wildman–Crippen MR) is 88.4 cm³/mol. The second-order valence-electron chi connectivity index (χ2n) is 3.67. The Morgan fingerprint density at radius 1 is 0.889 bits per heavy atom. The van der Waals surface area contributed by atoms with Gasteiger partial charge in [0.2, 0.25) is 0 Å². The third-order valence-electron chi connectivity index (χ3n) is 2.40. The Bertz CT molecular complexity index is 267. The van der Waals surface area contributed by atoms with Gasteiger partial charge < -0.3 is 0 Å². The second-order valence-corrected chi connectivity index (χ2v) is 3.67. The van der Waals surface area contributed by atoms with Crippen molar-refractivity contribution in [2.45, 2.75) is 68.2 Å². The Labute approximate surface area is 116 Å². The summed E-state index contributed by atoms with van der Waals surface area (Å²) in [6, 6.07) is 9.03. The third kappa shape index (κ3) is 10.1. The van der Waals surface area contributed by atoms with E-state index in [2.05, 4.69) is 50.3 Å². The first-order chi connectivity index (χ1) is 7.86. The molecule has 0 fully saturated rings. The first-order valence-electron chi connectivity index (χ1n) is 6.55. The molecule has 0 atom stereocenters. The van der Waals surface area contributed by atoms with Crippen LogP contribution in [-0.2, 0) is 12.8 Å². The highest BCUT2D eigenvalue weighted by molar-refractivity contribution is 5.22. The van der Waals surface area contributed by atoms with Gasteiger partial charge in [-0.2, -0.15) is 0 Å². The third-order valence-corrected chi connectivity index (χ3v) is 2.40. The largest absolute Gasteiger partial charge is 0.0917 e. The van der Waals surface area contributed by atoms with Crippen LogP contribution in [0.2, 0.25) is 0 Å². The molecule has 0 spiro atoms. The van der Waals surface area contributed by atoms with Crippen LogP contribution >= 0.6 is 0 Å². The van der Waals surface area contributed by atoms with Crippen LogP contribution in [0, 0.1) is 0 Å². The maximum Gasteiger partial charge on any atom is -0.0244 e. The van der Waals surface area contributed by atoms with Gasteiger partial charge in [-0.15, -0.1) is 0 Å². The van der Waals surface area contributed by atoms with Crippen LogP contribution in [0.3, 0.4) is 0 Å². The Morgan fingerprint density at radius 3 is 1.72 bits per heavy atom. The summed E-state index contributed by atoms with van der Waals surface area (Å²) < 4.78 is 0. The van der Waals surface area contributed by atoms with Crippen molar-refractivity contribution in [1.82, 2.24) is 0 Å². The van der Waals surface area contributed by atoms with E-state index < -0.39 is 0 Å². The number of benzene rings is 1. The average Bonchev–Trinajstić information content (AvgIpc) is 2.35. The highest BCUT2D eigenvalue weighted by Gasteiger charge is 1.93. The van der Waals surface area contributed by atoms with Gasteiger partial charge in [0, 0.05) is 0 Å². The van der Waals surface area contributed by atoms with E-state index in [9.17, 15) is 0 Å². The topological polar surface area (TPSA) is 0 Å². The van der Waals surface area contributed by atoms with Crippen molar-refractivity contribution >= 4 is 0 Å². The Hall–Kier alpha value is -1.04. The molecule has 1 aromatic carbocycles. The van der Waals surface area contributed by atoms with E-state index >= 15 is 0 Å². The van der Waals surface area contributed by atoms with Gasteiger partial charge >= 0.3 is 0 Å². The second kappa shape index (κ2) is 16.0. The quantitative estimate of drug-likeness (QED) is 0.527. The Morgan fingerprint density at radius 2 is 1.33 bits per heavy atom. The van der Waals surface area contributed by atoms with Crippen molar-refractivity contribution in [3.63, 3.8) is 0 Å². The van der Waals surface area contributed by atoms with E-state index in [1.807, 2.05) is 13.8 Å². The molecule has 1 aromatic rings. The molecule has 18 heavy (non-hydrogen) atoms. The molecule has 0 unspecified atom stereocenters. The molecule has 0 bridgehead atoms. The fourth-order valence-corrected chi connectivity index (χ4v) is 1.58. The fourth-order valence-electron chi connectivity index (χ4n) is 1.58. The normalized spacial score (nSPS) is 8.89. The molecule has 0 aliphatic rings. The lowest BCUT2D eigenvalue weighted by atomic mass is 10.0. The monoisotopic (exact) mass is 250 g/mol. The van der Waals surface area contributed by atoms with Gasteiger partial charge in [-0.3, -0.25) is 0 Å². The van der Waals surface area contributed by atoms with Gasteiger partial charge in [0.1, 0.15) is 0 Å². The molecule has 0 N–H and O–H groups in total. The van der Waals surface area contributed by atoms with E-state index in [0.29, 0.717) is 0 Å². The van der Waals surface area contributed by atoms with Crippen molar-refractivity contribution in [3.8, 4) is 0 Å². The molecule has 0 heterocycles. The van der Waals surface area contributed by atoms with Gasteiger partial charge in [0.15, 0.2) is 0 Å². The van der Waals surface area contributed by atoms with E-state index in [4.69, 9.17) is 0 Å².